The minimum absolute atomic E-state index is 0.00665. The van der Waals surface area contributed by atoms with Gasteiger partial charge in [-0.3, -0.25) is 4.79 Å². The maximum Gasteiger partial charge on any atom is 0.277 e. The SMILES string of the molecule is COc1ccc(C=NNC(=O)COc2ccc(C)cc2Br)c(O)c1. The molecule has 0 fully saturated rings. The van der Waals surface area contributed by atoms with Gasteiger partial charge in [0.15, 0.2) is 6.61 Å². The summed E-state index contributed by atoms with van der Waals surface area (Å²) in [4.78, 5) is 11.7. The highest BCUT2D eigenvalue weighted by Gasteiger charge is 2.05. The quantitative estimate of drug-likeness (QED) is 0.584. The summed E-state index contributed by atoms with van der Waals surface area (Å²) in [5, 5.41) is 13.6. The zero-order chi connectivity index (χ0) is 17.5. The number of carbonyl (C=O) groups excluding carboxylic acids is 1. The van der Waals surface area contributed by atoms with E-state index in [1.807, 2.05) is 19.1 Å². The maximum atomic E-state index is 11.7. The summed E-state index contributed by atoms with van der Waals surface area (Å²) in [7, 11) is 1.51. The Bertz CT molecular complexity index is 762. The lowest BCUT2D eigenvalue weighted by Crippen LogP contribution is -2.24. The van der Waals surface area contributed by atoms with Gasteiger partial charge in [0.25, 0.3) is 5.91 Å². The molecule has 6 nitrogen and oxygen atoms in total. The smallest absolute Gasteiger partial charge is 0.277 e. The van der Waals surface area contributed by atoms with E-state index in [0.29, 0.717) is 17.1 Å². The van der Waals surface area contributed by atoms with Gasteiger partial charge in [-0.05, 0) is 52.7 Å². The number of benzene rings is 2. The molecule has 0 aromatic heterocycles. The number of phenols is 1. The van der Waals surface area contributed by atoms with Crippen LogP contribution in [0.25, 0.3) is 0 Å². The monoisotopic (exact) mass is 392 g/mol. The number of phenolic OH excluding ortho intramolecular Hbond substituents is 1. The van der Waals surface area contributed by atoms with Crippen LogP contribution in [-0.4, -0.2) is 30.9 Å². The van der Waals surface area contributed by atoms with Gasteiger partial charge in [-0.1, -0.05) is 6.07 Å². The van der Waals surface area contributed by atoms with Gasteiger partial charge in [0.2, 0.25) is 0 Å². The summed E-state index contributed by atoms with van der Waals surface area (Å²) >= 11 is 3.38. The van der Waals surface area contributed by atoms with E-state index in [-0.39, 0.29) is 12.4 Å². The van der Waals surface area contributed by atoms with E-state index in [1.165, 1.54) is 19.4 Å². The maximum absolute atomic E-state index is 11.7. The molecule has 2 N–H and O–H groups in total. The minimum Gasteiger partial charge on any atom is -0.507 e. The van der Waals surface area contributed by atoms with E-state index in [0.717, 1.165) is 10.0 Å². The molecule has 0 aliphatic rings. The van der Waals surface area contributed by atoms with Crippen molar-refractivity contribution in [3.05, 3.63) is 52.0 Å². The largest absolute Gasteiger partial charge is 0.507 e. The van der Waals surface area contributed by atoms with Crippen LogP contribution >= 0.6 is 15.9 Å². The van der Waals surface area contributed by atoms with Crippen LogP contribution in [0.15, 0.2) is 46.0 Å². The van der Waals surface area contributed by atoms with Crippen LogP contribution in [0.4, 0.5) is 0 Å². The molecule has 0 radical (unpaired) electrons. The number of amides is 1. The third kappa shape index (κ3) is 4.99. The lowest BCUT2D eigenvalue weighted by molar-refractivity contribution is -0.123. The van der Waals surface area contributed by atoms with Gasteiger partial charge in [-0.15, -0.1) is 0 Å². The molecular weight excluding hydrogens is 376 g/mol. The van der Waals surface area contributed by atoms with Crippen molar-refractivity contribution in [3.8, 4) is 17.2 Å². The number of carbonyl (C=O) groups is 1. The number of nitrogens with one attached hydrogen (secondary N) is 1. The molecular formula is C17H17BrN2O4. The van der Waals surface area contributed by atoms with Gasteiger partial charge in [0.1, 0.15) is 17.2 Å². The molecule has 0 heterocycles. The summed E-state index contributed by atoms with van der Waals surface area (Å²) in [6.45, 7) is 1.79. The third-order valence-corrected chi connectivity index (χ3v) is 3.70. The van der Waals surface area contributed by atoms with Gasteiger partial charge in [0, 0.05) is 11.6 Å². The second-order valence-corrected chi connectivity index (χ2v) is 5.79. The Morgan fingerprint density at radius 1 is 1.33 bits per heavy atom. The van der Waals surface area contributed by atoms with Crippen molar-refractivity contribution in [2.75, 3.05) is 13.7 Å². The first-order valence-electron chi connectivity index (χ1n) is 7.07. The fourth-order valence-electron chi connectivity index (χ4n) is 1.83. The Morgan fingerprint density at radius 3 is 2.79 bits per heavy atom. The number of methoxy groups -OCH3 is 1. The standard InChI is InChI=1S/C17H17BrN2O4/c1-11-3-6-16(14(18)7-11)24-10-17(22)20-19-9-12-4-5-13(23-2)8-15(12)21/h3-9,21H,10H2,1-2H3,(H,20,22). The second kappa shape index (κ2) is 8.35. The van der Waals surface area contributed by atoms with Crippen LogP contribution in [0.5, 0.6) is 17.2 Å². The van der Waals surface area contributed by atoms with Crippen LogP contribution in [0.3, 0.4) is 0 Å². The van der Waals surface area contributed by atoms with Crippen molar-refractivity contribution in [2.45, 2.75) is 6.92 Å². The molecule has 7 heteroatoms. The molecule has 1 amide bonds. The highest BCUT2D eigenvalue weighted by Crippen LogP contribution is 2.25. The predicted molar refractivity (Wildman–Crippen MR) is 94.8 cm³/mol. The number of rotatable bonds is 6. The minimum atomic E-state index is -0.410. The molecule has 2 rings (SSSR count). The zero-order valence-corrected chi connectivity index (χ0v) is 14.8. The molecule has 0 aliphatic heterocycles. The van der Waals surface area contributed by atoms with Crippen LogP contribution in [0.1, 0.15) is 11.1 Å². The number of hydrogen-bond acceptors (Lipinski definition) is 5. The average molecular weight is 393 g/mol. The van der Waals surface area contributed by atoms with Crippen molar-refractivity contribution in [3.63, 3.8) is 0 Å². The highest BCUT2D eigenvalue weighted by molar-refractivity contribution is 9.10. The Morgan fingerprint density at radius 2 is 2.12 bits per heavy atom. The van der Waals surface area contributed by atoms with Gasteiger partial charge in [0.05, 0.1) is 17.8 Å². The summed E-state index contributed by atoms with van der Waals surface area (Å²) < 4.78 is 11.2. The fraction of sp³-hybridized carbons (Fsp3) is 0.176. The van der Waals surface area contributed by atoms with Crippen LogP contribution in [0.2, 0.25) is 0 Å². The number of ether oxygens (including phenoxy) is 2. The van der Waals surface area contributed by atoms with Crippen LogP contribution < -0.4 is 14.9 Å². The molecule has 24 heavy (non-hydrogen) atoms. The molecule has 0 spiro atoms. The van der Waals surface area contributed by atoms with E-state index in [1.54, 1.807) is 18.2 Å². The van der Waals surface area contributed by atoms with E-state index in [4.69, 9.17) is 9.47 Å². The van der Waals surface area contributed by atoms with Crippen molar-refractivity contribution in [2.24, 2.45) is 5.10 Å². The average Bonchev–Trinajstić information content (AvgIpc) is 2.55. The van der Waals surface area contributed by atoms with Gasteiger partial charge >= 0.3 is 0 Å². The number of aromatic hydroxyl groups is 1. The zero-order valence-electron chi connectivity index (χ0n) is 13.2. The first-order valence-corrected chi connectivity index (χ1v) is 7.86. The predicted octanol–water partition coefficient (Wildman–Crippen LogP) is 3.00. The van der Waals surface area contributed by atoms with Gasteiger partial charge < -0.3 is 14.6 Å². The van der Waals surface area contributed by atoms with Crippen molar-refractivity contribution in [1.82, 2.24) is 5.43 Å². The Hall–Kier alpha value is -2.54. The molecule has 2 aromatic carbocycles. The van der Waals surface area contributed by atoms with E-state index < -0.39 is 5.91 Å². The topological polar surface area (TPSA) is 80.2 Å². The van der Waals surface area contributed by atoms with Gasteiger partial charge in [-0.2, -0.15) is 5.10 Å². The Kier molecular flexibility index (Phi) is 6.20. The highest BCUT2D eigenvalue weighted by atomic mass is 79.9. The molecule has 0 saturated carbocycles. The second-order valence-electron chi connectivity index (χ2n) is 4.94. The number of halogens is 1. The fourth-order valence-corrected chi connectivity index (χ4v) is 2.44. The summed E-state index contributed by atoms with van der Waals surface area (Å²) in [6, 6.07) is 10.3. The van der Waals surface area contributed by atoms with Crippen molar-refractivity contribution >= 4 is 28.1 Å². The van der Waals surface area contributed by atoms with Crippen molar-refractivity contribution in [1.29, 1.82) is 0 Å². The number of hydrazone groups is 1. The Balaban J connectivity index is 1.86. The molecule has 0 bridgehead atoms. The number of aryl methyl sites for hydroxylation is 1. The van der Waals surface area contributed by atoms with E-state index in [9.17, 15) is 9.90 Å². The first-order chi connectivity index (χ1) is 11.5. The van der Waals surface area contributed by atoms with Crippen LogP contribution in [0, 0.1) is 6.92 Å². The molecule has 0 unspecified atom stereocenters. The lowest BCUT2D eigenvalue weighted by atomic mass is 10.2. The van der Waals surface area contributed by atoms with E-state index >= 15 is 0 Å². The Labute approximate surface area is 148 Å². The first kappa shape index (κ1) is 17.8. The summed E-state index contributed by atoms with van der Waals surface area (Å²) in [6.07, 6.45) is 1.34. The molecule has 0 atom stereocenters. The molecule has 2 aromatic rings. The normalized spacial score (nSPS) is 10.6. The van der Waals surface area contributed by atoms with Crippen LogP contribution in [-0.2, 0) is 4.79 Å². The van der Waals surface area contributed by atoms with Gasteiger partial charge in [-0.25, -0.2) is 5.43 Å². The van der Waals surface area contributed by atoms with E-state index in [2.05, 4.69) is 26.5 Å². The lowest BCUT2D eigenvalue weighted by Gasteiger charge is -2.07. The summed E-state index contributed by atoms with van der Waals surface area (Å²) in [5.74, 6) is 0.706. The molecule has 0 saturated heterocycles. The molecule has 0 aliphatic carbocycles. The molecule has 126 valence electrons. The third-order valence-electron chi connectivity index (χ3n) is 3.08. The number of nitrogens with zero attached hydrogens (tertiary/aromatic N) is 1. The number of hydrogen-bond donors (Lipinski definition) is 2. The summed E-state index contributed by atoms with van der Waals surface area (Å²) in [5.41, 5.74) is 3.88. The van der Waals surface area contributed by atoms with Crippen molar-refractivity contribution < 1.29 is 19.4 Å².